The fourth-order valence-electron chi connectivity index (χ4n) is 1.12. The molecule has 0 aromatic heterocycles. The number of amides is 1. The number of hydrogen-bond acceptors (Lipinski definition) is 2. The second kappa shape index (κ2) is 5.93. The first-order valence-electron chi connectivity index (χ1n) is 4.99. The van der Waals surface area contributed by atoms with Gasteiger partial charge < -0.3 is 10.4 Å². The van der Waals surface area contributed by atoms with Crippen molar-refractivity contribution in [2.45, 2.75) is 6.92 Å². The van der Waals surface area contributed by atoms with Crippen molar-refractivity contribution in [1.29, 1.82) is 0 Å². The normalized spacial score (nSPS) is 12.3. The van der Waals surface area contributed by atoms with Crippen molar-refractivity contribution in [2.75, 3.05) is 13.2 Å². The maximum Gasteiger partial charge on any atom is 0.254 e. The van der Waals surface area contributed by atoms with Crippen molar-refractivity contribution in [2.24, 2.45) is 5.92 Å². The van der Waals surface area contributed by atoms with Crippen LogP contribution in [-0.4, -0.2) is 24.2 Å². The van der Waals surface area contributed by atoms with Gasteiger partial charge in [0, 0.05) is 13.2 Å². The summed E-state index contributed by atoms with van der Waals surface area (Å²) in [5, 5.41) is 10.8. The van der Waals surface area contributed by atoms with Gasteiger partial charge in [-0.05, 0) is 18.1 Å². The van der Waals surface area contributed by atoms with Crippen LogP contribution in [0.5, 0.6) is 0 Å². The molecule has 6 heteroatoms. The molecule has 1 rings (SSSR count). The highest BCUT2D eigenvalue weighted by Crippen LogP contribution is 2.19. The van der Waals surface area contributed by atoms with E-state index < -0.39 is 23.1 Å². The fraction of sp³-hybridized carbons (Fsp3) is 0.364. The van der Waals surface area contributed by atoms with E-state index in [2.05, 4.69) is 5.32 Å². The second-order valence-electron chi connectivity index (χ2n) is 3.74. The molecule has 1 unspecified atom stereocenters. The molecule has 0 saturated carbocycles. The minimum absolute atomic E-state index is 0.0995. The molecular weight excluding hydrogens is 252 g/mol. The number of halogens is 3. The zero-order valence-electron chi connectivity index (χ0n) is 9.14. The summed E-state index contributed by atoms with van der Waals surface area (Å²) in [5.41, 5.74) is -0.406. The topological polar surface area (TPSA) is 49.3 Å². The molecule has 94 valence electrons. The zero-order chi connectivity index (χ0) is 13.0. The minimum atomic E-state index is -0.884. The lowest BCUT2D eigenvalue weighted by atomic mass is 10.1. The van der Waals surface area contributed by atoms with Crippen molar-refractivity contribution < 1.29 is 18.7 Å². The quantitative estimate of drug-likeness (QED) is 0.816. The van der Waals surface area contributed by atoms with Crippen molar-refractivity contribution in [3.05, 3.63) is 34.4 Å². The Morgan fingerprint density at radius 3 is 2.71 bits per heavy atom. The lowest BCUT2D eigenvalue weighted by molar-refractivity contribution is 0.0938. The predicted molar refractivity (Wildman–Crippen MR) is 60.0 cm³/mol. The first-order valence-corrected chi connectivity index (χ1v) is 5.37. The number of rotatable bonds is 4. The molecule has 0 aliphatic rings. The summed E-state index contributed by atoms with van der Waals surface area (Å²) in [5.74, 6) is -2.63. The molecule has 3 nitrogen and oxygen atoms in total. The monoisotopic (exact) mass is 263 g/mol. The zero-order valence-corrected chi connectivity index (χ0v) is 9.89. The molecule has 0 fully saturated rings. The molecule has 0 radical (unpaired) electrons. The van der Waals surface area contributed by atoms with E-state index in [1.54, 1.807) is 6.92 Å². The van der Waals surface area contributed by atoms with E-state index in [1.807, 2.05) is 0 Å². The summed E-state index contributed by atoms with van der Waals surface area (Å²) in [6, 6.07) is 1.50. The van der Waals surface area contributed by atoms with Crippen LogP contribution in [0.2, 0.25) is 5.02 Å². The van der Waals surface area contributed by atoms with Gasteiger partial charge in [-0.2, -0.15) is 0 Å². The van der Waals surface area contributed by atoms with Crippen molar-refractivity contribution in [3.63, 3.8) is 0 Å². The molecule has 0 aliphatic heterocycles. The molecule has 1 aromatic carbocycles. The summed E-state index contributed by atoms with van der Waals surface area (Å²) in [6.45, 7) is 1.79. The third-order valence-electron chi connectivity index (χ3n) is 2.18. The Hall–Kier alpha value is -1.20. The van der Waals surface area contributed by atoms with Crippen LogP contribution < -0.4 is 5.32 Å². The molecule has 0 saturated heterocycles. The highest BCUT2D eigenvalue weighted by molar-refractivity contribution is 6.30. The van der Waals surface area contributed by atoms with Crippen LogP contribution in [0, 0.1) is 17.6 Å². The molecule has 2 N–H and O–H groups in total. The number of aliphatic hydroxyl groups is 1. The first kappa shape index (κ1) is 13.9. The highest BCUT2D eigenvalue weighted by Gasteiger charge is 2.15. The van der Waals surface area contributed by atoms with Gasteiger partial charge in [-0.15, -0.1) is 0 Å². The summed E-state index contributed by atoms with van der Waals surface area (Å²) in [7, 11) is 0. The van der Waals surface area contributed by atoms with Gasteiger partial charge in [0.2, 0.25) is 0 Å². The Kier molecular flexibility index (Phi) is 4.84. The Labute approximate surface area is 102 Å². The van der Waals surface area contributed by atoms with Crippen molar-refractivity contribution in [3.8, 4) is 0 Å². The Morgan fingerprint density at radius 2 is 2.12 bits per heavy atom. The standard InChI is InChI=1S/C11H12ClF2NO2/c1-6(5-16)4-15-11(17)7-2-10(14)8(12)3-9(7)13/h2-3,6,16H,4-5H2,1H3,(H,15,17). The SMILES string of the molecule is CC(CO)CNC(=O)c1cc(F)c(Cl)cc1F. The van der Waals surface area contributed by atoms with Crippen molar-refractivity contribution in [1.82, 2.24) is 5.32 Å². The van der Waals surface area contributed by atoms with E-state index >= 15 is 0 Å². The van der Waals surface area contributed by atoms with E-state index in [0.29, 0.717) is 0 Å². The summed E-state index contributed by atoms with van der Waals surface area (Å²) in [6.07, 6.45) is 0. The molecule has 1 aromatic rings. The van der Waals surface area contributed by atoms with Crippen LogP contribution in [0.4, 0.5) is 8.78 Å². The predicted octanol–water partition coefficient (Wildman–Crippen LogP) is 1.98. The summed E-state index contributed by atoms with van der Waals surface area (Å²) in [4.78, 5) is 11.5. The van der Waals surface area contributed by atoms with Gasteiger partial charge in [-0.3, -0.25) is 4.79 Å². The van der Waals surface area contributed by atoms with Crippen LogP contribution in [0.15, 0.2) is 12.1 Å². The lowest BCUT2D eigenvalue weighted by Gasteiger charge is -2.10. The first-order chi connectivity index (χ1) is 7.95. The van der Waals surface area contributed by atoms with Crippen LogP contribution in [-0.2, 0) is 0 Å². The molecule has 0 heterocycles. The number of benzene rings is 1. The Morgan fingerprint density at radius 1 is 1.47 bits per heavy atom. The number of carbonyl (C=O) groups is 1. The number of hydrogen-bond donors (Lipinski definition) is 2. The maximum atomic E-state index is 13.3. The maximum absolute atomic E-state index is 13.3. The molecule has 17 heavy (non-hydrogen) atoms. The van der Waals surface area contributed by atoms with Gasteiger partial charge in [-0.1, -0.05) is 18.5 Å². The Balaban J connectivity index is 2.79. The van der Waals surface area contributed by atoms with Gasteiger partial charge in [0.15, 0.2) is 0 Å². The summed E-state index contributed by atoms with van der Waals surface area (Å²) < 4.78 is 26.4. The molecule has 1 amide bonds. The second-order valence-corrected chi connectivity index (χ2v) is 4.15. The van der Waals surface area contributed by atoms with E-state index in [-0.39, 0.29) is 24.1 Å². The smallest absolute Gasteiger partial charge is 0.254 e. The molecule has 0 spiro atoms. The fourth-order valence-corrected chi connectivity index (χ4v) is 1.27. The van der Waals surface area contributed by atoms with Gasteiger partial charge in [-0.25, -0.2) is 8.78 Å². The van der Waals surface area contributed by atoms with Crippen LogP contribution >= 0.6 is 11.6 Å². The van der Waals surface area contributed by atoms with E-state index in [4.69, 9.17) is 16.7 Å². The average Bonchev–Trinajstić information content (AvgIpc) is 2.30. The van der Waals surface area contributed by atoms with Crippen LogP contribution in [0.1, 0.15) is 17.3 Å². The molecule has 1 atom stereocenters. The van der Waals surface area contributed by atoms with Gasteiger partial charge in [0.05, 0.1) is 10.6 Å². The number of nitrogens with one attached hydrogen (secondary N) is 1. The molecular formula is C11H12ClF2NO2. The number of carbonyl (C=O) groups excluding carboxylic acids is 1. The molecule has 0 aliphatic carbocycles. The van der Waals surface area contributed by atoms with Crippen LogP contribution in [0.25, 0.3) is 0 Å². The van der Waals surface area contributed by atoms with Gasteiger partial charge in [0.1, 0.15) is 11.6 Å². The van der Waals surface area contributed by atoms with Crippen LogP contribution in [0.3, 0.4) is 0 Å². The van der Waals surface area contributed by atoms with Gasteiger partial charge in [0.25, 0.3) is 5.91 Å². The lowest BCUT2D eigenvalue weighted by Crippen LogP contribution is -2.30. The van der Waals surface area contributed by atoms with E-state index in [0.717, 1.165) is 12.1 Å². The highest BCUT2D eigenvalue weighted by atomic mass is 35.5. The number of aliphatic hydroxyl groups excluding tert-OH is 1. The third kappa shape index (κ3) is 3.64. The van der Waals surface area contributed by atoms with Gasteiger partial charge >= 0.3 is 0 Å². The largest absolute Gasteiger partial charge is 0.396 e. The minimum Gasteiger partial charge on any atom is -0.396 e. The van der Waals surface area contributed by atoms with Crippen molar-refractivity contribution >= 4 is 17.5 Å². The molecule has 0 bridgehead atoms. The third-order valence-corrected chi connectivity index (χ3v) is 2.47. The van der Waals surface area contributed by atoms with E-state index in [9.17, 15) is 13.6 Å². The average molecular weight is 264 g/mol. The summed E-state index contributed by atoms with van der Waals surface area (Å²) >= 11 is 5.36. The van der Waals surface area contributed by atoms with E-state index in [1.165, 1.54) is 0 Å². The Bertz CT molecular complexity index is 426.